The summed E-state index contributed by atoms with van der Waals surface area (Å²) in [5, 5.41) is 9.75. The molecular formula is C18H38NO5P. The summed E-state index contributed by atoms with van der Waals surface area (Å²) < 4.78 is 14.8. The Morgan fingerprint density at radius 2 is 1.44 bits per heavy atom. The number of allylic oxidation sites excluding steroid dienone is 1. The first-order valence-electron chi connectivity index (χ1n) is 9.67. The molecule has 0 heterocycles. The second-order valence-corrected chi connectivity index (χ2v) is 7.93. The van der Waals surface area contributed by atoms with E-state index < -0.39 is 20.0 Å². The maximum Gasteiger partial charge on any atom is 0.469 e. The van der Waals surface area contributed by atoms with E-state index in [0.29, 0.717) is 0 Å². The average Bonchev–Trinajstić information content (AvgIpc) is 2.56. The zero-order valence-corrected chi connectivity index (χ0v) is 16.6. The molecule has 7 heteroatoms. The Morgan fingerprint density at radius 1 is 0.960 bits per heavy atom. The number of nitrogens with two attached hydrogens (primary N) is 1. The van der Waals surface area contributed by atoms with Gasteiger partial charge in [0.2, 0.25) is 0 Å². The molecule has 0 aromatic rings. The first-order chi connectivity index (χ1) is 11.9. The molecule has 0 aromatic heterocycles. The number of rotatable bonds is 17. The molecule has 0 spiro atoms. The van der Waals surface area contributed by atoms with Gasteiger partial charge < -0.3 is 20.6 Å². The molecular weight excluding hydrogens is 341 g/mol. The van der Waals surface area contributed by atoms with Crippen molar-refractivity contribution >= 4 is 7.82 Å². The monoisotopic (exact) mass is 379 g/mol. The summed E-state index contributed by atoms with van der Waals surface area (Å²) in [4.78, 5) is 17.2. The van der Waals surface area contributed by atoms with E-state index in [0.717, 1.165) is 12.8 Å². The number of hydrogen-bond donors (Lipinski definition) is 4. The molecule has 0 rings (SSSR count). The number of phosphoric ester groups is 1. The van der Waals surface area contributed by atoms with E-state index in [-0.39, 0.29) is 6.61 Å². The fourth-order valence-corrected chi connectivity index (χ4v) is 2.95. The maximum atomic E-state index is 10.6. The lowest BCUT2D eigenvalue weighted by molar-refractivity contribution is 0.129. The van der Waals surface area contributed by atoms with Crippen molar-refractivity contribution in [1.29, 1.82) is 0 Å². The van der Waals surface area contributed by atoms with Crippen molar-refractivity contribution in [3.8, 4) is 0 Å². The molecule has 6 nitrogen and oxygen atoms in total. The second kappa shape index (κ2) is 16.0. The summed E-state index contributed by atoms with van der Waals surface area (Å²) in [5.74, 6) is 0. The average molecular weight is 379 g/mol. The highest BCUT2D eigenvalue weighted by atomic mass is 31.2. The van der Waals surface area contributed by atoms with Gasteiger partial charge in [-0.05, 0) is 12.8 Å². The topological polar surface area (TPSA) is 113 Å². The van der Waals surface area contributed by atoms with E-state index in [9.17, 15) is 9.67 Å². The molecule has 1 unspecified atom stereocenters. The SMILES string of the molecule is CCCCCCCCCCCCC/C=C\[C@@H](O)C(N)COP(=O)(O)O. The van der Waals surface area contributed by atoms with Crippen LogP contribution in [0.1, 0.15) is 84.0 Å². The van der Waals surface area contributed by atoms with Crippen LogP contribution in [0.2, 0.25) is 0 Å². The smallest absolute Gasteiger partial charge is 0.387 e. The normalized spacial score (nSPS) is 14.9. The summed E-state index contributed by atoms with van der Waals surface area (Å²) in [5.41, 5.74) is 5.60. The van der Waals surface area contributed by atoms with Crippen LogP contribution in [0.4, 0.5) is 0 Å². The molecule has 150 valence electrons. The van der Waals surface area contributed by atoms with E-state index >= 15 is 0 Å². The van der Waals surface area contributed by atoms with Crippen LogP contribution in [0.15, 0.2) is 12.2 Å². The molecule has 0 bridgehead atoms. The van der Waals surface area contributed by atoms with Gasteiger partial charge in [0.25, 0.3) is 0 Å². The summed E-state index contributed by atoms with van der Waals surface area (Å²) in [6.45, 7) is 1.86. The Morgan fingerprint density at radius 3 is 1.92 bits per heavy atom. The summed E-state index contributed by atoms with van der Waals surface area (Å²) in [6, 6.07) is -0.846. The van der Waals surface area contributed by atoms with Crippen LogP contribution in [-0.2, 0) is 9.09 Å². The van der Waals surface area contributed by atoms with E-state index in [1.807, 2.05) is 6.08 Å². The van der Waals surface area contributed by atoms with Crippen molar-refractivity contribution in [1.82, 2.24) is 0 Å². The third-order valence-electron chi connectivity index (χ3n) is 4.18. The van der Waals surface area contributed by atoms with E-state index in [1.54, 1.807) is 6.08 Å². The Balaban J connectivity index is 3.46. The number of hydrogen-bond acceptors (Lipinski definition) is 4. The van der Waals surface area contributed by atoms with E-state index in [2.05, 4.69) is 11.4 Å². The van der Waals surface area contributed by atoms with Gasteiger partial charge in [-0.1, -0.05) is 83.3 Å². The first-order valence-corrected chi connectivity index (χ1v) is 11.2. The fraction of sp³-hybridized carbons (Fsp3) is 0.889. The Labute approximate surface area is 153 Å². The van der Waals surface area contributed by atoms with Gasteiger partial charge in [0.05, 0.1) is 18.8 Å². The number of aliphatic hydroxyl groups is 1. The molecule has 5 N–H and O–H groups in total. The molecule has 0 aliphatic heterocycles. The zero-order chi connectivity index (χ0) is 19.0. The Kier molecular flexibility index (Phi) is 15.8. The van der Waals surface area contributed by atoms with E-state index in [4.69, 9.17) is 15.5 Å². The van der Waals surface area contributed by atoms with Gasteiger partial charge in [0.15, 0.2) is 0 Å². The number of aliphatic hydroxyl groups excluding tert-OH is 1. The van der Waals surface area contributed by atoms with Gasteiger partial charge in [-0.3, -0.25) is 4.52 Å². The molecule has 25 heavy (non-hydrogen) atoms. The third kappa shape index (κ3) is 18.4. The van der Waals surface area contributed by atoms with Crippen molar-refractivity contribution in [3.05, 3.63) is 12.2 Å². The van der Waals surface area contributed by atoms with Crippen LogP contribution >= 0.6 is 7.82 Å². The molecule has 0 amide bonds. The van der Waals surface area contributed by atoms with E-state index in [1.165, 1.54) is 64.2 Å². The predicted molar refractivity (Wildman–Crippen MR) is 102 cm³/mol. The third-order valence-corrected chi connectivity index (χ3v) is 4.67. The van der Waals surface area contributed by atoms with Crippen molar-refractivity contribution in [3.63, 3.8) is 0 Å². The number of unbranched alkanes of at least 4 members (excludes halogenated alkanes) is 11. The van der Waals surface area contributed by atoms with Gasteiger partial charge in [-0.2, -0.15) is 0 Å². The van der Waals surface area contributed by atoms with Crippen molar-refractivity contribution < 1.29 is 24.0 Å². The minimum atomic E-state index is -4.53. The second-order valence-electron chi connectivity index (χ2n) is 6.69. The van der Waals surface area contributed by atoms with Gasteiger partial charge in [-0.15, -0.1) is 0 Å². The van der Waals surface area contributed by atoms with Crippen LogP contribution < -0.4 is 5.73 Å². The van der Waals surface area contributed by atoms with Crippen LogP contribution in [0.5, 0.6) is 0 Å². The van der Waals surface area contributed by atoms with Crippen molar-refractivity contribution in [2.24, 2.45) is 5.73 Å². The van der Waals surface area contributed by atoms with Crippen molar-refractivity contribution in [2.75, 3.05) is 6.61 Å². The Hall–Kier alpha value is -0.230. The van der Waals surface area contributed by atoms with Gasteiger partial charge in [-0.25, -0.2) is 4.57 Å². The summed E-state index contributed by atoms with van der Waals surface area (Å²) >= 11 is 0. The molecule has 0 saturated carbocycles. The molecule has 0 aliphatic carbocycles. The molecule has 0 fully saturated rings. The van der Waals surface area contributed by atoms with Crippen LogP contribution in [-0.4, -0.2) is 33.6 Å². The molecule has 2 atom stereocenters. The lowest BCUT2D eigenvalue weighted by Crippen LogP contribution is -2.37. The standard InChI is InChI=1S/C18H38NO5P/c1-2-3-4-5-6-7-8-9-10-11-12-13-14-15-18(20)17(19)16-24-25(21,22)23/h14-15,17-18,20H,2-13,16,19H2,1H3,(H2,21,22,23)/b15-14-/t17?,18-/m1/s1. The lowest BCUT2D eigenvalue weighted by atomic mass is 10.0. The first kappa shape index (κ1) is 24.8. The summed E-state index contributed by atoms with van der Waals surface area (Å²) in [6.07, 6.45) is 17.6. The predicted octanol–water partition coefficient (Wildman–Crippen LogP) is 4.04. The zero-order valence-electron chi connectivity index (χ0n) is 15.7. The minimum absolute atomic E-state index is 0.381. The summed E-state index contributed by atoms with van der Waals surface area (Å²) in [7, 11) is -4.53. The van der Waals surface area contributed by atoms with Gasteiger partial charge in [0, 0.05) is 0 Å². The van der Waals surface area contributed by atoms with Crippen LogP contribution in [0, 0.1) is 0 Å². The maximum absolute atomic E-state index is 10.6. The van der Waals surface area contributed by atoms with Gasteiger partial charge in [0.1, 0.15) is 0 Å². The van der Waals surface area contributed by atoms with Crippen LogP contribution in [0.3, 0.4) is 0 Å². The fourth-order valence-electron chi connectivity index (χ4n) is 2.59. The largest absolute Gasteiger partial charge is 0.469 e. The van der Waals surface area contributed by atoms with Gasteiger partial charge >= 0.3 is 7.82 Å². The molecule has 0 aliphatic rings. The quantitative estimate of drug-likeness (QED) is 0.172. The highest BCUT2D eigenvalue weighted by Crippen LogP contribution is 2.35. The highest BCUT2D eigenvalue weighted by molar-refractivity contribution is 7.46. The molecule has 0 radical (unpaired) electrons. The minimum Gasteiger partial charge on any atom is -0.387 e. The number of phosphoric acid groups is 1. The van der Waals surface area contributed by atoms with Crippen LogP contribution in [0.25, 0.3) is 0 Å². The highest BCUT2D eigenvalue weighted by Gasteiger charge is 2.19. The Bertz CT molecular complexity index is 372. The molecule has 0 aromatic carbocycles. The molecule has 0 saturated heterocycles. The lowest BCUT2D eigenvalue weighted by Gasteiger charge is -2.15. The van der Waals surface area contributed by atoms with Crippen molar-refractivity contribution in [2.45, 2.75) is 96.1 Å².